The molecule has 214 valence electrons. The van der Waals surface area contributed by atoms with E-state index >= 15 is 4.39 Å². The number of allylic oxidation sites excluding steroid dienone is 1. The fraction of sp³-hybridized carbons (Fsp3) is 0.438. The Morgan fingerprint density at radius 2 is 1.88 bits per heavy atom. The highest BCUT2D eigenvalue weighted by atomic mass is 32.2. The Balaban J connectivity index is 2.39. The summed E-state index contributed by atoms with van der Waals surface area (Å²) in [5.41, 5.74) is 1.60. The highest BCUT2D eigenvalue weighted by Gasteiger charge is 2.23. The van der Waals surface area contributed by atoms with E-state index in [9.17, 15) is 9.65 Å². The highest BCUT2D eigenvalue weighted by molar-refractivity contribution is 8.15. The maximum atomic E-state index is 16.0. The van der Waals surface area contributed by atoms with Gasteiger partial charge in [0.1, 0.15) is 22.7 Å². The number of ether oxygens (including phenoxy) is 1. The number of thioether (sulfide) groups is 1. The first-order chi connectivity index (χ1) is 19.1. The molecular weight excluding hydrogens is 526 g/mol. The van der Waals surface area contributed by atoms with E-state index in [0.29, 0.717) is 34.0 Å². The number of rotatable bonds is 11. The van der Waals surface area contributed by atoms with E-state index in [0.717, 1.165) is 49.6 Å². The molecule has 40 heavy (non-hydrogen) atoms. The summed E-state index contributed by atoms with van der Waals surface area (Å²) < 4.78 is 36.3. The third-order valence-electron chi connectivity index (χ3n) is 7.79. The number of methoxy groups -OCH3 is 1. The maximum Gasteiger partial charge on any atom is 0.186 e. The molecule has 0 fully saturated rings. The molecule has 1 heterocycles. The van der Waals surface area contributed by atoms with Crippen molar-refractivity contribution in [3.8, 4) is 6.07 Å². The summed E-state index contributed by atoms with van der Waals surface area (Å²) in [5.74, 6) is 0.156. The molecule has 2 atom stereocenters. The van der Waals surface area contributed by atoms with Gasteiger partial charge in [0.15, 0.2) is 5.88 Å². The number of anilines is 1. The molecule has 8 heteroatoms. The second-order valence-electron chi connectivity index (χ2n) is 10.2. The summed E-state index contributed by atoms with van der Waals surface area (Å²) in [4.78, 5) is 2.41. The van der Waals surface area contributed by atoms with E-state index in [4.69, 9.17) is 10.1 Å². The monoisotopic (exact) mass is 566 g/mol. The second kappa shape index (κ2) is 13.8. The minimum Gasteiger partial charge on any atom is -0.483 e. The van der Waals surface area contributed by atoms with Crippen LogP contribution in [0.3, 0.4) is 0 Å². The van der Waals surface area contributed by atoms with Gasteiger partial charge in [-0.25, -0.2) is 8.78 Å². The molecule has 2 aromatic carbocycles. The Morgan fingerprint density at radius 1 is 1.15 bits per heavy atom. The van der Waals surface area contributed by atoms with Gasteiger partial charge in [-0.3, -0.25) is 5.41 Å². The topological polar surface area (TPSA) is 72.1 Å². The Labute approximate surface area is 240 Å². The van der Waals surface area contributed by atoms with Crippen LogP contribution in [0.4, 0.5) is 14.5 Å². The first-order valence-electron chi connectivity index (χ1n) is 13.9. The molecule has 2 unspecified atom stereocenters. The van der Waals surface area contributed by atoms with Crippen molar-refractivity contribution in [3.63, 3.8) is 0 Å². The van der Waals surface area contributed by atoms with Crippen molar-refractivity contribution in [2.24, 2.45) is 5.92 Å². The van der Waals surface area contributed by atoms with Crippen LogP contribution < -0.4 is 15.8 Å². The molecule has 0 aliphatic carbocycles. The van der Waals surface area contributed by atoms with Crippen LogP contribution >= 0.6 is 11.8 Å². The van der Waals surface area contributed by atoms with Gasteiger partial charge in [-0.05, 0) is 68.0 Å². The third-order valence-corrected chi connectivity index (χ3v) is 8.81. The average molecular weight is 567 g/mol. The number of nitrogens with one attached hydrogen (secondary N) is 2. The fourth-order valence-electron chi connectivity index (χ4n) is 5.01. The van der Waals surface area contributed by atoms with Crippen LogP contribution in [0.2, 0.25) is 0 Å². The smallest absolute Gasteiger partial charge is 0.186 e. The predicted molar refractivity (Wildman–Crippen MR) is 161 cm³/mol. The van der Waals surface area contributed by atoms with Gasteiger partial charge in [0.25, 0.3) is 0 Å². The average Bonchev–Trinajstić information content (AvgIpc) is 3.30. The maximum absolute atomic E-state index is 16.0. The van der Waals surface area contributed by atoms with E-state index in [1.165, 1.54) is 18.2 Å². The lowest BCUT2D eigenvalue weighted by Gasteiger charge is -2.31. The number of nitrogens with zero attached hydrogens (tertiary/aromatic N) is 2. The van der Waals surface area contributed by atoms with Crippen LogP contribution in [-0.2, 0) is 4.74 Å². The van der Waals surface area contributed by atoms with Gasteiger partial charge in [0.2, 0.25) is 0 Å². The Kier molecular flexibility index (Phi) is 10.8. The van der Waals surface area contributed by atoms with Gasteiger partial charge in [0.05, 0.1) is 23.3 Å². The third kappa shape index (κ3) is 6.52. The molecule has 5 nitrogen and oxygen atoms in total. The number of benzene rings is 2. The van der Waals surface area contributed by atoms with Gasteiger partial charge >= 0.3 is 0 Å². The SMILES string of the molecule is CC/C=C(/Nc1c/c(=c2/ccc(F)c3c2=C(C#N)C(=N)S3)c(F)c/c1=C(/C)N(C)C(CC)CCC(C)CC)OC. The van der Waals surface area contributed by atoms with Gasteiger partial charge in [-0.2, -0.15) is 5.26 Å². The summed E-state index contributed by atoms with van der Waals surface area (Å²) >= 11 is 0.887. The zero-order chi connectivity index (χ0) is 29.6. The lowest BCUT2D eigenvalue weighted by atomic mass is 9.97. The fourth-order valence-corrected chi connectivity index (χ4v) is 5.94. The summed E-state index contributed by atoms with van der Waals surface area (Å²) in [6.07, 6.45) is 6.91. The molecule has 0 amide bonds. The summed E-state index contributed by atoms with van der Waals surface area (Å²) in [6, 6.07) is 8.25. The zero-order valence-electron chi connectivity index (χ0n) is 24.5. The number of fused-ring (bicyclic) bond motifs is 1. The minimum absolute atomic E-state index is 0.0411. The van der Waals surface area contributed by atoms with Crippen molar-refractivity contribution >= 4 is 33.8 Å². The Morgan fingerprint density at radius 3 is 2.48 bits per heavy atom. The molecule has 0 bridgehead atoms. The molecule has 0 saturated carbocycles. The number of halogens is 2. The van der Waals surface area contributed by atoms with Crippen molar-refractivity contribution in [2.45, 2.75) is 77.7 Å². The van der Waals surface area contributed by atoms with Crippen LogP contribution in [0, 0.1) is 44.7 Å². The van der Waals surface area contributed by atoms with Gasteiger partial charge < -0.3 is 15.0 Å². The van der Waals surface area contributed by atoms with E-state index < -0.39 is 11.6 Å². The van der Waals surface area contributed by atoms with Crippen molar-refractivity contribution in [1.29, 1.82) is 10.7 Å². The van der Waals surface area contributed by atoms with Crippen LogP contribution in [0.5, 0.6) is 0 Å². The zero-order valence-corrected chi connectivity index (χ0v) is 25.4. The van der Waals surface area contributed by atoms with Gasteiger partial charge in [0, 0.05) is 34.4 Å². The predicted octanol–water partition coefficient (Wildman–Crippen LogP) is 6.98. The normalized spacial score (nSPS) is 16.2. The number of hydrogen-bond donors (Lipinski definition) is 2. The molecule has 0 aromatic heterocycles. The van der Waals surface area contributed by atoms with Crippen LogP contribution in [0.15, 0.2) is 41.1 Å². The molecule has 0 saturated heterocycles. The molecule has 1 aliphatic rings. The largest absolute Gasteiger partial charge is 0.483 e. The minimum atomic E-state index is -0.532. The van der Waals surface area contributed by atoms with Crippen LogP contribution in [0.25, 0.3) is 11.3 Å². The van der Waals surface area contributed by atoms with Gasteiger partial charge in [-0.15, -0.1) is 0 Å². The molecular formula is C32H40F2N4OS. The molecule has 0 spiro atoms. The van der Waals surface area contributed by atoms with E-state index in [2.05, 4.69) is 38.0 Å². The Hall–Kier alpha value is -3.31. The molecule has 2 N–H and O–H groups in total. The molecule has 3 rings (SSSR count). The highest BCUT2D eigenvalue weighted by Crippen LogP contribution is 2.29. The number of hydrogen-bond acceptors (Lipinski definition) is 6. The lowest BCUT2D eigenvalue weighted by Crippen LogP contribution is -2.33. The quantitative estimate of drug-likeness (QED) is 0.287. The Bertz CT molecular complexity index is 1560. The van der Waals surface area contributed by atoms with E-state index in [1.54, 1.807) is 13.2 Å². The van der Waals surface area contributed by atoms with E-state index in [-0.39, 0.29) is 25.9 Å². The lowest BCUT2D eigenvalue weighted by molar-refractivity contribution is 0.291. The first-order valence-corrected chi connectivity index (χ1v) is 14.7. The van der Waals surface area contributed by atoms with E-state index in [1.807, 2.05) is 26.0 Å². The summed E-state index contributed by atoms with van der Waals surface area (Å²) in [6.45, 7) is 10.7. The molecule has 0 radical (unpaired) electrons. The van der Waals surface area contributed by atoms with Gasteiger partial charge in [-0.1, -0.05) is 51.9 Å². The van der Waals surface area contributed by atoms with Crippen molar-refractivity contribution in [2.75, 3.05) is 19.5 Å². The van der Waals surface area contributed by atoms with Crippen LogP contribution in [-0.4, -0.2) is 30.1 Å². The number of nitriles is 1. The first kappa shape index (κ1) is 31.2. The van der Waals surface area contributed by atoms with Crippen molar-refractivity contribution < 1.29 is 13.5 Å². The summed E-state index contributed by atoms with van der Waals surface area (Å²) in [5, 5.41) is 22.7. The molecule has 2 aromatic rings. The van der Waals surface area contributed by atoms with Crippen LogP contribution in [0.1, 0.15) is 66.7 Å². The second-order valence-corrected chi connectivity index (χ2v) is 11.3. The molecule has 1 aliphatic heterocycles. The van der Waals surface area contributed by atoms with Crippen molar-refractivity contribution in [3.05, 3.63) is 68.7 Å². The standard InChI is InChI=1S/C32H40F2N4OS/c1-8-11-29(39-7)37-28-17-24(22-14-15-26(33)31-30(22)25(18-35)32(36)40-31)27(34)16-23(28)20(5)38(6)21(10-3)13-12-19(4)9-2/h11,14-17,19,21,36-37H,8-10,12-13H2,1-7H3/b23-20+,24-22+,29-11-,36-32?. The summed E-state index contributed by atoms with van der Waals surface area (Å²) in [7, 11) is 3.63. The van der Waals surface area contributed by atoms with Crippen molar-refractivity contribution in [1.82, 2.24) is 4.90 Å².